The van der Waals surface area contributed by atoms with Crippen molar-refractivity contribution in [3.8, 4) is 0 Å². The summed E-state index contributed by atoms with van der Waals surface area (Å²) in [6.07, 6.45) is 3.31. The predicted octanol–water partition coefficient (Wildman–Crippen LogP) is 1.15. The topological polar surface area (TPSA) is 62.3 Å². The largest absolute Gasteiger partial charge is 0.383 e. The van der Waals surface area contributed by atoms with Crippen LogP contribution in [0, 0.1) is 0 Å². The van der Waals surface area contributed by atoms with Crippen LogP contribution in [0.5, 0.6) is 0 Å². The van der Waals surface area contributed by atoms with E-state index < -0.39 is 10.0 Å². The molecule has 5 nitrogen and oxygen atoms in total. The summed E-state index contributed by atoms with van der Waals surface area (Å²) in [5.41, 5.74) is 0.795. The van der Waals surface area contributed by atoms with Crippen molar-refractivity contribution in [3.63, 3.8) is 0 Å². The summed E-state index contributed by atoms with van der Waals surface area (Å²) in [5, 5.41) is 3.00. The molecule has 1 aromatic rings. The molecule has 1 heterocycles. The van der Waals surface area contributed by atoms with Crippen LogP contribution in [0.25, 0.3) is 0 Å². The standard InChI is InChI=1S/C9H14BrN3O2S/c1-13(2)16(14,15)4-3-12-9-5-8(10)6-11-7-9/h5-7,12H,3-4H2,1-2H3. The summed E-state index contributed by atoms with van der Waals surface area (Å²) in [6, 6.07) is 1.84. The highest BCUT2D eigenvalue weighted by molar-refractivity contribution is 9.10. The molecule has 0 saturated heterocycles. The Bertz CT molecular complexity index is 448. The lowest BCUT2D eigenvalue weighted by atomic mass is 10.4. The van der Waals surface area contributed by atoms with Gasteiger partial charge in [0.25, 0.3) is 0 Å². The van der Waals surface area contributed by atoms with Crippen molar-refractivity contribution in [2.45, 2.75) is 0 Å². The zero-order chi connectivity index (χ0) is 12.2. The van der Waals surface area contributed by atoms with Crippen LogP contribution in [0.15, 0.2) is 22.9 Å². The van der Waals surface area contributed by atoms with E-state index >= 15 is 0 Å². The van der Waals surface area contributed by atoms with Crippen LogP contribution >= 0.6 is 15.9 Å². The number of sulfonamides is 1. The van der Waals surface area contributed by atoms with Gasteiger partial charge in [0.2, 0.25) is 10.0 Å². The predicted molar refractivity (Wildman–Crippen MR) is 67.9 cm³/mol. The molecule has 0 amide bonds. The van der Waals surface area contributed by atoms with E-state index in [0.717, 1.165) is 10.2 Å². The van der Waals surface area contributed by atoms with E-state index in [1.807, 2.05) is 6.07 Å². The van der Waals surface area contributed by atoms with Crippen molar-refractivity contribution >= 4 is 31.6 Å². The lowest BCUT2D eigenvalue weighted by molar-refractivity contribution is 0.521. The number of nitrogens with one attached hydrogen (secondary N) is 1. The molecule has 0 bridgehead atoms. The third-order valence-electron chi connectivity index (χ3n) is 1.95. The zero-order valence-electron chi connectivity index (χ0n) is 9.14. The lowest BCUT2D eigenvalue weighted by Crippen LogP contribution is -2.28. The van der Waals surface area contributed by atoms with Gasteiger partial charge in [-0.05, 0) is 22.0 Å². The van der Waals surface area contributed by atoms with Crippen LogP contribution in [-0.4, -0.2) is 44.1 Å². The van der Waals surface area contributed by atoms with Gasteiger partial charge in [0.1, 0.15) is 0 Å². The molecule has 1 rings (SSSR count). The van der Waals surface area contributed by atoms with Gasteiger partial charge in [0.05, 0.1) is 17.6 Å². The van der Waals surface area contributed by atoms with Gasteiger partial charge < -0.3 is 5.32 Å². The lowest BCUT2D eigenvalue weighted by Gasteiger charge is -2.12. The maximum Gasteiger partial charge on any atom is 0.215 e. The molecule has 90 valence electrons. The second kappa shape index (κ2) is 5.60. The van der Waals surface area contributed by atoms with Gasteiger partial charge in [-0.15, -0.1) is 0 Å². The average molecular weight is 308 g/mol. The van der Waals surface area contributed by atoms with E-state index in [1.54, 1.807) is 12.4 Å². The fraction of sp³-hybridized carbons (Fsp3) is 0.444. The fourth-order valence-electron chi connectivity index (χ4n) is 1.02. The van der Waals surface area contributed by atoms with Crippen LogP contribution in [0.3, 0.4) is 0 Å². The third-order valence-corrected chi connectivity index (χ3v) is 4.22. The molecule has 0 radical (unpaired) electrons. The Morgan fingerprint density at radius 1 is 1.44 bits per heavy atom. The van der Waals surface area contributed by atoms with Crippen molar-refractivity contribution in [3.05, 3.63) is 22.9 Å². The summed E-state index contributed by atoms with van der Waals surface area (Å²) in [6.45, 7) is 0.360. The molecule has 0 aliphatic carbocycles. The summed E-state index contributed by atoms with van der Waals surface area (Å²) in [7, 11) is -0.0922. The van der Waals surface area contributed by atoms with Gasteiger partial charge in [0.15, 0.2) is 0 Å². The van der Waals surface area contributed by atoms with Gasteiger partial charge in [-0.25, -0.2) is 12.7 Å². The van der Waals surface area contributed by atoms with Crippen molar-refractivity contribution in [2.24, 2.45) is 0 Å². The Morgan fingerprint density at radius 2 is 2.12 bits per heavy atom. The number of halogens is 1. The number of pyridine rings is 1. The maximum atomic E-state index is 11.4. The van der Waals surface area contributed by atoms with Gasteiger partial charge in [0, 0.05) is 31.3 Å². The van der Waals surface area contributed by atoms with E-state index in [0.29, 0.717) is 6.54 Å². The number of hydrogen-bond acceptors (Lipinski definition) is 4. The van der Waals surface area contributed by atoms with Crippen molar-refractivity contribution in [2.75, 3.05) is 31.7 Å². The normalized spacial score (nSPS) is 11.8. The average Bonchev–Trinajstić information content (AvgIpc) is 2.17. The highest BCUT2D eigenvalue weighted by Crippen LogP contribution is 2.13. The Morgan fingerprint density at radius 3 is 2.69 bits per heavy atom. The van der Waals surface area contributed by atoms with Gasteiger partial charge in [-0.2, -0.15) is 0 Å². The fourth-order valence-corrected chi connectivity index (χ4v) is 2.11. The molecule has 1 N–H and O–H groups in total. The SMILES string of the molecule is CN(C)S(=O)(=O)CCNc1cncc(Br)c1. The second-order valence-corrected chi connectivity index (χ2v) is 6.64. The number of aromatic nitrogens is 1. The van der Waals surface area contributed by atoms with Crippen molar-refractivity contribution in [1.29, 1.82) is 0 Å². The molecule has 0 saturated carbocycles. The van der Waals surface area contributed by atoms with Crippen molar-refractivity contribution in [1.82, 2.24) is 9.29 Å². The van der Waals surface area contributed by atoms with Crippen LogP contribution in [-0.2, 0) is 10.0 Å². The summed E-state index contributed by atoms with van der Waals surface area (Å²) in [4.78, 5) is 3.97. The molecule has 16 heavy (non-hydrogen) atoms. The first-order chi connectivity index (χ1) is 7.42. The summed E-state index contributed by atoms with van der Waals surface area (Å²) < 4.78 is 25.0. The summed E-state index contributed by atoms with van der Waals surface area (Å²) >= 11 is 3.29. The molecule has 0 unspecified atom stereocenters. The smallest absolute Gasteiger partial charge is 0.215 e. The zero-order valence-corrected chi connectivity index (χ0v) is 11.5. The van der Waals surface area contributed by atoms with Crippen molar-refractivity contribution < 1.29 is 8.42 Å². The number of rotatable bonds is 5. The van der Waals surface area contributed by atoms with E-state index in [4.69, 9.17) is 0 Å². The molecular formula is C9H14BrN3O2S. The quantitative estimate of drug-likeness (QED) is 0.886. The molecule has 0 aliphatic heterocycles. The minimum absolute atomic E-state index is 0.0620. The first kappa shape index (κ1) is 13.4. The van der Waals surface area contributed by atoms with E-state index in [1.165, 1.54) is 18.4 Å². The van der Waals surface area contributed by atoms with Crippen LogP contribution in [0.4, 0.5) is 5.69 Å². The first-order valence-corrected chi connectivity index (χ1v) is 7.06. The molecule has 7 heteroatoms. The second-order valence-electron chi connectivity index (χ2n) is 3.42. The Kier molecular flexibility index (Phi) is 4.69. The minimum atomic E-state index is -3.14. The van der Waals surface area contributed by atoms with Crippen LogP contribution in [0.2, 0.25) is 0 Å². The maximum absolute atomic E-state index is 11.4. The monoisotopic (exact) mass is 307 g/mol. The molecule has 0 fully saturated rings. The van der Waals surface area contributed by atoms with E-state index in [9.17, 15) is 8.42 Å². The summed E-state index contributed by atoms with van der Waals surface area (Å²) in [5.74, 6) is 0.0620. The highest BCUT2D eigenvalue weighted by Gasteiger charge is 2.12. The van der Waals surface area contributed by atoms with Crippen LogP contribution in [0.1, 0.15) is 0 Å². The molecule has 1 aromatic heterocycles. The highest BCUT2D eigenvalue weighted by atomic mass is 79.9. The molecular weight excluding hydrogens is 294 g/mol. The number of hydrogen-bond donors (Lipinski definition) is 1. The Hall–Kier alpha value is -0.660. The Balaban J connectivity index is 2.48. The third kappa shape index (κ3) is 4.07. The van der Waals surface area contributed by atoms with Gasteiger partial charge in [-0.1, -0.05) is 0 Å². The van der Waals surface area contributed by atoms with Crippen LogP contribution < -0.4 is 5.32 Å². The Labute approximate surface area is 104 Å². The number of nitrogens with zero attached hydrogens (tertiary/aromatic N) is 2. The minimum Gasteiger partial charge on any atom is -0.383 e. The molecule has 0 aromatic carbocycles. The number of anilines is 1. The van der Waals surface area contributed by atoms with E-state index in [2.05, 4.69) is 26.2 Å². The van der Waals surface area contributed by atoms with E-state index in [-0.39, 0.29) is 5.75 Å². The van der Waals surface area contributed by atoms with Gasteiger partial charge in [-0.3, -0.25) is 4.98 Å². The molecule has 0 aliphatic rings. The molecule has 0 atom stereocenters. The first-order valence-electron chi connectivity index (χ1n) is 4.66. The molecule has 0 spiro atoms. The van der Waals surface area contributed by atoms with Gasteiger partial charge >= 0.3 is 0 Å².